The number of aromatic nitrogens is 2. The van der Waals surface area contributed by atoms with E-state index in [2.05, 4.69) is 15.4 Å². The molecule has 5 atom stereocenters. The highest BCUT2D eigenvalue weighted by Gasteiger charge is 2.63. The molecule has 4 aromatic rings. The summed E-state index contributed by atoms with van der Waals surface area (Å²) in [5.41, 5.74) is -0.0400. The van der Waals surface area contributed by atoms with Crippen LogP contribution in [-0.2, 0) is 46.0 Å². The molecule has 16 nitrogen and oxygen atoms in total. The van der Waals surface area contributed by atoms with Crippen molar-refractivity contribution in [3.8, 4) is 5.75 Å². The minimum atomic E-state index is -4.56. The van der Waals surface area contributed by atoms with Gasteiger partial charge in [0.15, 0.2) is 0 Å². The number of para-hydroxylation sites is 1. The van der Waals surface area contributed by atoms with Gasteiger partial charge < -0.3 is 28.4 Å². The van der Waals surface area contributed by atoms with E-state index < -0.39 is 68.6 Å². The zero-order valence-electron chi connectivity index (χ0n) is 29.9. The van der Waals surface area contributed by atoms with Gasteiger partial charge >= 0.3 is 31.6 Å². The maximum absolute atomic E-state index is 16.4. The predicted molar refractivity (Wildman–Crippen MR) is 194 cm³/mol. The van der Waals surface area contributed by atoms with Gasteiger partial charge in [-0.05, 0) is 42.2 Å². The Labute approximate surface area is 319 Å². The third-order valence-electron chi connectivity index (χ3n) is 8.65. The van der Waals surface area contributed by atoms with Crippen molar-refractivity contribution in [1.82, 2.24) is 19.5 Å². The van der Waals surface area contributed by atoms with Gasteiger partial charge in [0.05, 0.1) is 12.6 Å². The quantitative estimate of drug-likeness (QED) is 0.118. The van der Waals surface area contributed by atoms with Gasteiger partial charge in [-0.1, -0.05) is 78.9 Å². The van der Waals surface area contributed by atoms with Crippen molar-refractivity contribution in [2.75, 3.05) is 25.5 Å². The molecule has 6 rings (SSSR count). The monoisotopic (exact) mass is 797 g/mol. The second-order valence-electron chi connectivity index (χ2n) is 12.7. The van der Waals surface area contributed by atoms with Crippen LogP contribution in [0.3, 0.4) is 0 Å². The fourth-order valence-corrected chi connectivity index (χ4v) is 7.40. The first-order chi connectivity index (χ1) is 26.9. The third kappa shape index (κ3) is 10.1. The lowest BCUT2D eigenvalue weighted by atomic mass is 10.1. The highest BCUT2D eigenvalue weighted by molar-refractivity contribution is 7.52. The molecule has 3 heterocycles. The van der Waals surface area contributed by atoms with Crippen LogP contribution in [0, 0.1) is 0 Å². The maximum atomic E-state index is 16.4. The minimum absolute atomic E-state index is 0.0723. The van der Waals surface area contributed by atoms with E-state index in [0.29, 0.717) is 28.7 Å². The van der Waals surface area contributed by atoms with E-state index in [1.54, 1.807) is 85.9 Å². The fourth-order valence-electron chi connectivity index (χ4n) is 5.85. The lowest BCUT2D eigenvalue weighted by molar-refractivity contribution is -0.146. The van der Waals surface area contributed by atoms with E-state index in [0.717, 1.165) is 12.3 Å². The van der Waals surface area contributed by atoms with Gasteiger partial charge in [0.2, 0.25) is 18.2 Å². The van der Waals surface area contributed by atoms with Crippen molar-refractivity contribution in [2.24, 2.45) is 0 Å². The summed E-state index contributed by atoms with van der Waals surface area (Å²) >= 11 is 0. The van der Waals surface area contributed by atoms with Crippen LogP contribution < -0.4 is 20.6 Å². The summed E-state index contributed by atoms with van der Waals surface area (Å²) in [5.74, 6) is -4.79. The number of likely N-dealkylation sites (N-methyl/N-ethyl adjacent to an activating group) is 1. The number of carbonyl (C=O) groups is 3. The molecule has 1 aromatic heterocycles. The van der Waals surface area contributed by atoms with E-state index in [-0.39, 0.29) is 31.2 Å². The van der Waals surface area contributed by atoms with Crippen LogP contribution >= 0.6 is 7.75 Å². The highest BCUT2D eigenvalue weighted by Crippen LogP contribution is 2.49. The topological polar surface area (TPSA) is 186 Å². The molecule has 2 saturated heterocycles. The number of nitrogens with one attached hydrogen (secondary N) is 2. The molecule has 2 N–H and O–H groups in total. The van der Waals surface area contributed by atoms with Gasteiger partial charge in [0.25, 0.3) is 0 Å². The lowest BCUT2D eigenvalue weighted by Gasteiger charge is -2.32. The van der Waals surface area contributed by atoms with Gasteiger partial charge in [0.1, 0.15) is 30.9 Å². The summed E-state index contributed by atoms with van der Waals surface area (Å²) in [6.07, 6.45) is -7.53. The maximum Gasteiger partial charge on any atom is 0.509 e. The molecule has 0 spiro atoms. The summed E-state index contributed by atoms with van der Waals surface area (Å²) in [4.78, 5) is 56.3. The molecule has 56 heavy (non-hydrogen) atoms. The van der Waals surface area contributed by atoms with Crippen molar-refractivity contribution in [3.63, 3.8) is 0 Å². The standard InChI is InChI=1S/C37H38F2N5O11P/c1-43-20-11-18-28(32(43)45)42-56(49,55-27-16-9-4-10-17-27)52-24-29-31(54-36(48)51-23-26-14-7-3-8-15-26)37(38,39)33(53-29)44-21-19-30(40-34(44)46)41-35(47)50-22-25-12-5-2-6-13-25/h2-10,12-17,19,21,28-29,31,33H,11,18,20,22-24H2,1H3,(H,42,49)(H,40,41,46,47)/t28?,29-,31-,33?,56?/m1/s1. The van der Waals surface area contributed by atoms with Crippen LogP contribution in [0.25, 0.3) is 0 Å². The Morgan fingerprint density at radius 3 is 2.20 bits per heavy atom. The molecule has 296 valence electrons. The predicted octanol–water partition coefficient (Wildman–Crippen LogP) is 5.66. The Hall–Kier alpha value is -5.68. The molecular weight excluding hydrogens is 759 g/mol. The molecule has 2 aliphatic heterocycles. The number of likely N-dealkylation sites (tertiary alicyclic amines) is 1. The number of piperidine rings is 1. The second-order valence-corrected chi connectivity index (χ2v) is 14.4. The summed E-state index contributed by atoms with van der Waals surface area (Å²) in [6, 6.07) is 25.0. The minimum Gasteiger partial charge on any atom is -0.444 e. The van der Waals surface area contributed by atoms with Crippen LogP contribution in [0.2, 0.25) is 0 Å². The molecule has 2 amide bonds. The zero-order valence-corrected chi connectivity index (χ0v) is 30.8. The molecule has 2 fully saturated rings. The van der Waals surface area contributed by atoms with Gasteiger partial charge in [0, 0.05) is 19.8 Å². The number of hydrogen-bond acceptors (Lipinski definition) is 12. The van der Waals surface area contributed by atoms with Gasteiger partial charge in [-0.25, -0.2) is 18.9 Å². The highest BCUT2D eigenvalue weighted by atomic mass is 31.2. The van der Waals surface area contributed by atoms with Crippen molar-refractivity contribution < 1.29 is 55.7 Å². The van der Waals surface area contributed by atoms with Crippen LogP contribution in [0.5, 0.6) is 5.75 Å². The van der Waals surface area contributed by atoms with Gasteiger partial charge in [-0.15, -0.1) is 0 Å². The number of benzene rings is 3. The third-order valence-corrected chi connectivity index (χ3v) is 10.2. The number of anilines is 1. The van der Waals surface area contributed by atoms with E-state index in [1.165, 1.54) is 17.0 Å². The lowest BCUT2D eigenvalue weighted by Crippen LogP contribution is -2.48. The molecular formula is C37H38F2N5O11P. The Bertz CT molecular complexity index is 2080. The van der Waals surface area contributed by atoms with Crippen LogP contribution in [0.4, 0.5) is 24.2 Å². The first kappa shape index (κ1) is 40.0. The summed E-state index contributed by atoms with van der Waals surface area (Å²) in [7, 11) is -2.98. The number of alkyl halides is 2. The molecule has 3 aromatic carbocycles. The van der Waals surface area contributed by atoms with E-state index in [9.17, 15) is 23.7 Å². The second kappa shape index (κ2) is 17.8. The Morgan fingerprint density at radius 2 is 1.55 bits per heavy atom. The number of hydrogen-bond donors (Lipinski definition) is 2. The summed E-state index contributed by atoms with van der Waals surface area (Å²) in [5, 5.41) is 4.89. The average molecular weight is 798 g/mol. The van der Waals surface area contributed by atoms with Crippen molar-refractivity contribution in [1.29, 1.82) is 0 Å². The normalized spacial score (nSPS) is 21.4. The SMILES string of the molecule is CN1CCCC(NP(=O)(OC[C@H]2OC(n3ccc(NC(=O)OCc4ccccc4)nc3=O)C(F)(F)[C@@H]2OC(=O)OCc2ccccc2)Oc2ccccc2)C1=O. The smallest absolute Gasteiger partial charge is 0.444 e. The van der Waals surface area contributed by atoms with Gasteiger partial charge in [-0.3, -0.25) is 19.2 Å². The van der Waals surface area contributed by atoms with Crippen molar-refractivity contribution in [3.05, 3.63) is 125 Å². The van der Waals surface area contributed by atoms with Crippen LogP contribution in [-0.4, -0.2) is 77.0 Å². The van der Waals surface area contributed by atoms with Gasteiger partial charge in [-0.2, -0.15) is 18.9 Å². The average Bonchev–Trinajstić information content (AvgIpc) is 3.43. The molecule has 0 bridgehead atoms. The Balaban J connectivity index is 1.22. The number of halogens is 2. The first-order valence-electron chi connectivity index (χ1n) is 17.4. The number of amides is 2. The van der Waals surface area contributed by atoms with E-state index >= 15 is 8.78 Å². The largest absolute Gasteiger partial charge is 0.509 e. The summed E-state index contributed by atoms with van der Waals surface area (Å²) < 4.78 is 79.7. The van der Waals surface area contributed by atoms with Crippen LogP contribution in [0.1, 0.15) is 30.2 Å². The first-order valence-corrected chi connectivity index (χ1v) is 18.9. The van der Waals surface area contributed by atoms with E-state index in [1.807, 2.05) is 0 Å². The summed E-state index contributed by atoms with van der Waals surface area (Å²) in [6.45, 7) is -0.886. The molecule has 3 unspecified atom stereocenters. The Morgan fingerprint density at radius 1 is 0.929 bits per heavy atom. The molecule has 0 radical (unpaired) electrons. The number of ether oxygens (including phenoxy) is 4. The fraction of sp³-hybridized carbons (Fsp3) is 0.324. The van der Waals surface area contributed by atoms with E-state index in [4.69, 9.17) is 28.0 Å². The van der Waals surface area contributed by atoms with Crippen molar-refractivity contribution >= 4 is 31.7 Å². The molecule has 2 aliphatic rings. The zero-order chi connectivity index (χ0) is 39.7. The number of nitrogens with zero attached hydrogens (tertiary/aromatic N) is 3. The Kier molecular flexibility index (Phi) is 12.7. The number of rotatable bonds is 14. The molecule has 0 saturated carbocycles. The van der Waals surface area contributed by atoms with Crippen molar-refractivity contribution in [2.45, 2.75) is 56.5 Å². The molecule has 0 aliphatic carbocycles. The molecule has 19 heteroatoms. The van der Waals surface area contributed by atoms with Crippen LogP contribution in [0.15, 0.2) is 108 Å². The number of carbonyl (C=O) groups excluding carboxylic acids is 3.